The van der Waals surface area contributed by atoms with E-state index in [1.807, 2.05) is 6.08 Å². The van der Waals surface area contributed by atoms with Gasteiger partial charge >= 0.3 is 11.9 Å². The molecular weight excluding hydrogens is 252 g/mol. The Bertz CT molecular complexity index is 385. The molecule has 19 heavy (non-hydrogen) atoms. The minimum Gasteiger partial charge on any atom is -0.473 e. The number of ketones is 1. The maximum Gasteiger partial charge on any atom is 0.414 e. The molecule has 7 heteroatoms. The molecule has 1 aliphatic carbocycles. The molecule has 1 aliphatic heterocycles. The highest BCUT2D eigenvalue weighted by Crippen LogP contribution is 2.20. The Morgan fingerprint density at radius 1 is 1.05 bits per heavy atom. The molecule has 1 fully saturated rings. The van der Waals surface area contributed by atoms with Crippen LogP contribution in [0.1, 0.15) is 12.8 Å². The second kappa shape index (κ2) is 6.89. The van der Waals surface area contributed by atoms with Crippen LogP contribution in [0.15, 0.2) is 11.8 Å². The zero-order chi connectivity index (χ0) is 14.4. The molecule has 0 saturated carbocycles. The average molecular weight is 270 g/mol. The normalized spacial score (nSPS) is 19.5. The molecule has 2 N–H and O–H groups in total. The number of carboxylic acids is 2. The fourth-order valence-corrected chi connectivity index (χ4v) is 1.92. The lowest BCUT2D eigenvalue weighted by Gasteiger charge is -2.34. The first-order chi connectivity index (χ1) is 8.90. The van der Waals surface area contributed by atoms with Crippen LogP contribution in [0.2, 0.25) is 0 Å². The van der Waals surface area contributed by atoms with E-state index in [0.717, 1.165) is 39.0 Å². The highest BCUT2D eigenvalue weighted by atomic mass is 16.4. The van der Waals surface area contributed by atoms with Crippen LogP contribution in [0.3, 0.4) is 0 Å². The summed E-state index contributed by atoms with van der Waals surface area (Å²) in [5.74, 6) is -3.35. The summed E-state index contributed by atoms with van der Waals surface area (Å²) in [6, 6.07) is 0. The number of allylic oxidation sites excluding steroid dienone is 2. The third-order valence-corrected chi connectivity index (χ3v) is 3.05. The number of aliphatic carboxylic acids is 2. The molecule has 0 spiro atoms. The largest absolute Gasteiger partial charge is 0.473 e. The highest BCUT2D eigenvalue weighted by Gasteiger charge is 2.20. The molecule has 0 aromatic heterocycles. The van der Waals surface area contributed by atoms with Crippen LogP contribution < -0.4 is 0 Å². The van der Waals surface area contributed by atoms with Gasteiger partial charge in [0.2, 0.25) is 0 Å². The monoisotopic (exact) mass is 270 g/mol. The third-order valence-electron chi connectivity index (χ3n) is 3.05. The van der Waals surface area contributed by atoms with Gasteiger partial charge in [0.1, 0.15) is 0 Å². The SMILES string of the molecule is CN1CCN(C2=CC(=O)CC2)CC1.O=C(O)C(=O)O. The predicted molar refractivity (Wildman–Crippen MR) is 66.7 cm³/mol. The molecule has 0 aromatic rings. The van der Waals surface area contributed by atoms with Crippen LogP contribution >= 0.6 is 0 Å². The Balaban J connectivity index is 0.000000258. The van der Waals surface area contributed by atoms with Crippen molar-refractivity contribution in [3.63, 3.8) is 0 Å². The second-order valence-electron chi connectivity index (χ2n) is 4.50. The van der Waals surface area contributed by atoms with E-state index in [4.69, 9.17) is 19.8 Å². The fourth-order valence-electron chi connectivity index (χ4n) is 1.92. The molecule has 0 radical (unpaired) electrons. The number of hydrogen-bond acceptors (Lipinski definition) is 5. The van der Waals surface area contributed by atoms with E-state index in [1.54, 1.807) is 0 Å². The number of carboxylic acid groups (broad SMARTS) is 2. The van der Waals surface area contributed by atoms with Crippen molar-refractivity contribution in [2.75, 3.05) is 33.2 Å². The van der Waals surface area contributed by atoms with E-state index in [0.29, 0.717) is 5.78 Å². The lowest BCUT2D eigenvalue weighted by atomic mass is 10.2. The van der Waals surface area contributed by atoms with Crippen LogP contribution in [-0.4, -0.2) is 71.0 Å². The molecular formula is C12H18N2O5. The van der Waals surface area contributed by atoms with Crippen molar-refractivity contribution in [3.8, 4) is 0 Å². The van der Waals surface area contributed by atoms with E-state index < -0.39 is 11.9 Å². The zero-order valence-corrected chi connectivity index (χ0v) is 10.8. The summed E-state index contributed by atoms with van der Waals surface area (Å²) >= 11 is 0. The quantitative estimate of drug-likeness (QED) is 0.627. The number of rotatable bonds is 1. The summed E-state index contributed by atoms with van der Waals surface area (Å²) in [6.07, 6.45) is 3.51. The molecule has 0 amide bonds. The van der Waals surface area contributed by atoms with Crippen molar-refractivity contribution in [3.05, 3.63) is 11.8 Å². The third kappa shape index (κ3) is 5.09. The Labute approximate surface area is 111 Å². The minimum atomic E-state index is -1.82. The fraction of sp³-hybridized carbons (Fsp3) is 0.583. The van der Waals surface area contributed by atoms with Gasteiger partial charge in [0.15, 0.2) is 5.78 Å². The minimum absolute atomic E-state index is 0.300. The second-order valence-corrected chi connectivity index (χ2v) is 4.50. The van der Waals surface area contributed by atoms with Crippen LogP contribution in [-0.2, 0) is 14.4 Å². The van der Waals surface area contributed by atoms with Crippen molar-refractivity contribution < 1.29 is 24.6 Å². The summed E-state index contributed by atoms with van der Waals surface area (Å²) in [6.45, 7) is 4.39. The van der Waals surface area contributed by atoms with Crippen molar-refractivity contribution in [2.24, 2.45) is 0 Å². The van der Waals surface area contributed by atoms with Gasteiger partial charge in [-0.3, -0.25) is 4.79 Å². The Morgan fingerprint density at radius 2 is 1.58 bits per heavy atom. The maximum absolute atomic E-state index is 11.0. The Hall–Kier alpha value is -1.89. The van der Waals surface area contributed by atoms with E-state index in [1.165, 1.54) is 5.70 Å². The van der Waals surface area contributed by atoms with Crippen LogP contribution in [0.5, 0.6) is 0 Å². The van der Waals surface area contributed by atoms with Crippen molar-refractivity contribution in [1.82, 2.24) is 9.80 Å². The maximum atomic E-state index is 11.0. The summed E-state index contributed by atoms with van der Waals surface area (Å²) in [4.78, 5) is 33.9. The molecule has 1 heterocycles. The summed E-state index contributed by atoms with van der Waals surface area (Å²) < 4.78 is 0. The number of nitrogens with zero attached hydrogens (tertiary/aromatic N) is 2. The van der Waals surface area contributed by atoms with E-state index in [2.05, 4.69) is 16.8 Å². The highest BCUT2D eigenvalue weighted by molar-refractivity contribution is 6.27. The molecule has 2 rings (SSSR count). The molecule has 0 aromatic carbocycles. The first kappa shape index (κ1) is 15.2. The van der Waals surface area contributed by atoms with Crippen LogP contribution in [0.4, 0.5) is 0 Å². The van der Waals surface area contributed by atoms with Gasteiger partial charge in [0.25, 0.3) is 0 Å². The van der Waals surface area contributed by atoms with Gasteiger partial charge in [0.05, 0.1) is 0 Å². The summed E-state index contributed by atoms with van der Waals surface area (Å²) in [5, 5.41) is 14.8. The molecule has 7 nitrogen and oxygen atoms in total. The molecule has 0 bridgehead atoms. The Morgan fingerprint density at radius 3 is 1.95 bits per heavy atom. The van der Waals surface area contributed by atoms with Gasteiger partial charge < -0.3 is 20.0 Å². The van der Waals surface area contributed by atoms with Crippen molar-refractivity contribution >= 4 is 17.7 Å². The Kier molecular flexibility index (Phi) is 5.50. The lowest BCUT2D eigenvalue weighted by Crippen LogP contribution is -2.43. The lowest BCUT2D eigenvalue weighted by molar-refractivity contribution is -0.159. The van der Waals surface area contributed by atoms with Crippen LogP contribution in [0, 0.1) is 0 Å². The van der Waals surface area contributed by atoms with Gasteiger partial charge in [-0.1, -0.05) is 0 Å². The van der Waals surface area contributed by atoms with Gasteiger partial charge in [-0.25, -0.2) is 9.59 Å². The standard InChI is InChI=1S/C10H16N2O.C2H2O4/c1-11-4-6-12(7-5-11)9-2-3-10(13)8-9;3-1(4)2(5)6/h8H,2-7H2,1H3;(H,3,4)(H,5,6). The van der Waals surface area contributed by atoms with Crippen molar-refractivity contribution in [2.45, 2.75) is 12.8 Å². The number of likely N-dealkylation sites (N-methyl/N-ethyl adjacent to an activating group) is 1. The van der Waals surface area contributed by atoms with Gasteiger partial charge in [0, 0.05) is 44.4 Å². The smallest absolute Gasteiger partial charge is 0.414 e. The molecule has 0 atom stereocenters. The van der Waals surface area contributed by atoms with Gasteiger partial charge in [-0.15, -0.1) is 0 Å². The van der Waals surface area contributed by atoms with E-state index in [9.17, 15) is 4.79 Å². The molecule has 0 unspecified atom stereocenters. The molecule has 1 saturated heterocycles. The number of piperazine rings is 1. The van der Waals surface area contributed by atoms with Gasteiger partial charge in [-0.2, -0.15) is 0 Å². The first-order valence-corrected chi connectivity index (χ1v) is 6.03. The number of carbonyl (C=O) groups is 3. The van der Waals surface area contributed by atoms with Crippen LogP contribution in [0.25, 0.3) is 0 Å². The first-order valence-electron chi connectivity index (χ1n) is 6.03. The molecule has 106 valence electrons. The molecule has 2 aliphatic rings. The van der Waals surface area contributed by atoms with Gasteiger partial charge in [-0.05, 0) is 13.5 Å². The van der Waals surface area contributed by atoms with E-state index in [-0.39, 0.29) is 0 Å². The topological polar surface area (TPSA) is 98.2 Å². The summed E-state index contributed by atoms with van der Waals surface area (Å²) in [5.41, 5.74) is 1.26. The van der Waals surface area contributed by atoms with E-state index >= 15 is 0 Å². The zero-order valence-electron chi connectivity index (χ0n) is 10.8. The average Bonchev–Trinajstić information content (AvgIpc) is 2.77. The predicted octanol–water partition coefficient (Wildman–Crippen LogP) is -0.364. The van der Waals surface area contributed by atoms with Crippen molar-refractivity contribution in [1.29, 1.82) is 0 Å². The number of carbonyl (C=O) groups excluding carboxylic acids is 1. The number of hydrogen-bond donors (Lipinski definition) is 2. The summed E-state index contributed by atoms with van der Waals surface area (Å²) in [7, 11) is 2.14.